The van der Waals surface area contributed by atoms with Gasteiger partial charge in [0.15, 0.2) is 0 Å². The number of carbonyl (C=O) groups excluding carboxylic acids is 1. The summed E-state index contributed by atoms with van der Waals surface area (Å²) in [5.41, 5.74) is 8.19. The summed E-state index contributed by atoms with van der Waals surface area (Å²) >= 11 is 0. The molecule has 4 aromatic rings. The monoisotopic (exact) mass is 591 g/mol. The Balaban J connectivity index is 1.48. The lowest BCUT2D eigenvalue weighted by Crippen LogP contribution is -2.43. The van der Waals surface area contributed by atoms with Gasteiger partial charge in [0, 0.05) is 17.6 Å². The number of aliphatic hydroxyl groups is 1. The number of anilines is 1. The minimum atomic E-state index is -3.61. The van der Waals surface area contributed by atoms with Crippen molar-refractivity contribution >= 4 is 32.4 Å². The molecular formula is C32H37N3O6S. The van der Waals surface area contributed by atoms with Gasteiger partial charge in [-0.1, -0.05) is 60.7 Å². The van der Waals surface area contributed by atoms with E-state index in [1.165, 1.54) is 18.2 Å². The van der Waals surface area contributed by atoms with Crippen molar-refractivity contribution in [3.8, 4) is 11.5 Å². The van der Waals surface area contributed by atoms with Gasteiger partial charge in [0.25, 0.3) is 0 Å². The average Bonchev–Trinajstić information content (AvgIpc) is 2.91. The van der Waals surface area contributed by atoms with Crippen molar-refractivity contribution in [1.82, 2.24) is 5.32 Å². The van der Waals surface area contributed by atoms with Crippen molar-refractivity contribution in [2.24, 2.45) is 5.73 Å². The molecular weight excluding hydrogens is 554 g/mol. The van der Waals surface area contributed by atoms with Gasteiger partial charge in [0.1, 0.15) is 11.5 Å². The van der Waals surface area contributed by atoms with Crippen LogP contribution in [0.1, 0.15) is 48.1 Å². The lowest BCUT2D eigenvalue weighted by Gasteiger charge is -2.29. The molecule has 10 heteroatoms. The van der Waals surface area contributed by atoms with Crippen LogP contribution in [0.4, 0.5) is 5.69 Å². The van der Waals surface area contributed by atoms with E-state index in [0.29, 0.717) is 17.5 Å². The molecule has 0 saturated heterocycles. The number of phenols is 2. The van der Waals surface area contributed by atoms with Crippen LogP contribution in [0, 0.1) is 0 Å². The van der Waals surface area contributed by atoms with E-state index in [0.717, 1.165) is 28.2 Å². The van der Waals surface area contributed by atoms with Crippen LogP contribution >= 0.6 is 0 Å². The number of amides is 1. The molecule has 4 rings (SSSR count). The standard InChI is InChI=1S/C32H37N3O6S/c1-32(2,34-19-30(38)23-12-14-29(37)27(16-23)35-42(3,40)41)18-20-7-6-9-22(15-20)25(31(33)39)17-26-24-10-5-4-8-21(24)11-13-28(26)36/h4-16,25,30,34-38H,17-19H2,1-3H3,(H2,33,39)/t25?,30-/m0/s1. The summed E-state index contributed by atoms with van der Waals surface area (Å²) in [5.74, 6) is -1.26. The number of β-amino-alcohol motifs (C(OH)–C–C–N with tert-alkyl or cyclic N) is 1. The van der Waals surface area contributed by atoms with Gasteiger partial charge >= 0.3 is 0 Å². The van der Waals surface area contributed by atoms with Gasteiger partial charge in [-0.15, -0.1) is 0 Å². The Morgan fingerprint density at radius 3 is 2.36 bits per heavy atom. The number of benzene rings is 4. The summed E-state index contributed by atoms with van der Waals surface area (Å²) in [7, 11) is -3.61. The molecule has 0 saturated carbocycles. The number of primary amides is 1. The molecule has 0 aliphatic heterocycles. The molecule has 0 aliphatic rings. The van der Waals surface area contributed by atoms with Crippen LogP contribution in [-0.4, -0.2) is 48.0 Å². The first-order valence-corrected chi connectivity index (χ1v) is 15.4. The highest BCUT2D eigenvalue weighted by Crippen LogP contribution is 2.33. The molecule has 2 atom stereocenters. The number of fused-ring (bicyclic) bond motifs is 1. The SMILES string of the molecule is CC(C)(Cc1cccc(C(Cc2c(O)ccc3ccccc23)C(N)=O)c1)NC[C@H](O)c1ccc(O)c(NS(C)(=O)=O)c1. The third kappa shape index (κ3) is 7.79. The van der Waals surface area contributed by atoms with Gasteiger partial charge in [-0.05, 0) is 72.4 Å². The zero-order valence-corrected chi connectivity index (χ0v) is 24.7. The van der Waals surface area contributed by atoms with Crippen molar-refractivity contribution in [3.05, 3.63) is 101 Å². The highest BCUT2D eigenvalue weighted by molar-refractivity contribution is 7.92. The third-order valence-electron chi connectivity index (χ3n) is 7.24. The van der Waals surface area contributed by atoms with E-state index in [1.807, 2.05) is 68.4 Å². The molecule has 9 nitrogen and oxygen atoms in total. The first-order chi connectivity index (χ1) is 19.7. The van der Waals surface area contributed by atoms with E-state index in [9.17, 15) is 28.5 Å². The molecule has 1 amide bonds. The summed E-state index contributed by atoms with van der Waals surface area (Å²) in [4.78, 5) is 12.6. The number of rotatable bonds is 12. The number of aliphatic hydroxyl groups excluding tert-OH is 1. The Bertz CT molecular complexity index is 1700. The quantitative estimate of drug-likeness (QED) is 0.135. The van der Waals surface area contributed by atoms with Crippen molar-refractivity contribution in [3.63, 3.8) is 0 Å². The number of sulfonamides is 1. The van der Waals surface area contributed by atoms with Gasteiger partial charge in [-0.2, -0.15) is 0 Å². The molecule has 4 aromatic carbocycles. The number of nitrogens with two attached hydrogens (primary N) is 1. The van der Waals surface area contributed by atoms with Crippen LogP contribution in [0.3, 0.4) is 0 Å². The van der Waals surface area contributed by atoms with E-state index in [1.54, 1.807) is 6.07 Å². The molecule has 42 heavy (non-hydrogen) atoms. The Kier molecular flexibility index (Phi) is 9.10. The highest BCUT2D eigenvalue weighted by Gasteiger charge is 2.24. The molecule has 7 N–H and O–H groups in total. The molecule has 0 aromatic heterocycles. The molecule has 0 heterocycles. The number of phenolic OH excluding ortho intramolecular Hbond substituents is 2. The molecule has 0 aliphatic carbocycles. The number of carbonyl (C=O) groups is 1. The number of aromatic hydroxyl groups is 2. The summed E-state index contributed by atoms with van der Waals surface area (Å²) in [5, 5.41) is 36.6. The third-order valence-corrected chi connectivity index (χ3v) is 7.83. The van der Waals surface area contributed by atoms with Crippen LogP contribution in [0.5, 0.6) is 11.5 Å². The molecule has 0 fully saturated rings. The second-order valence-electron chi connectivity index (χ2n) is 11.3. The van der Waals surface area contributed by atoms with Crippen LogP contribution < -0.4 is 15.8 Å². The molecule has 0 radical (unpaired) electrons. The summed E-state index contributed by atoms with van der Waals surface area (Å²) in [6, 6.07) is 23.1. The second-order valence-corrected chi connectivity index (χ2v) is 13.0. The predicted octanol–water partition coefficient (Wildman–Crippen LogP) is 4.08. The van der Waals surface area contributed by atoms with Gasteiger partial charge in [0.2, 0.25) is 15.9 Å². The zero-order chi connectivity index (χ0) is 30.7. The van der Waals surface area contributed by atoms with Gasteiger partial charge in [-0.25, -0.2) is 8.42 Å². The lowest BCUT2D eigenvalue weighted by molar-refractivity contribution is -0.119. The minimum Gasteiger partial charge on any atom is -0.508 e. The fourth-order valence-electron chi connectivity index (χ4n) is 5.15. The Labute approximate surface area is 246 Å². The second kappa shape index (κ2) is 12.4. The number of hydrogen-bond acceptors (Lipinski definition) is 7. The van der Waals surface area contributed by atoms with Gasteiger partial charge < -0.3 is 26.4 Å². The van der Waals surface area contributed by atoms with Crippen molar-refractivity contribution in [2.75, 3.05) is 17.5 Å². The zero-order valence-electron chi connectivity index (χ0n) is 23.8. The average molecular weight is 592 g/mol. The molecule has 0 spiro atoms. The first-order valence-electron chi connectivity index (χ1n) is 13.5. The number of nitrogens with one attached hydrogen (secondary N) is 2. The number of hydrogen-bond donors (Lipinski definition) is 6. The normalized spacial score (nSPS) is 13.5. The lowest BCUT2D eigenvalue weighted by atomic mass is 9.86. The fourth-order valence-corrected chi connectivity index (χ4v) is 5.71. The van der Waals surface area contributed by atoms with E-state index < -0.39 is 33.5 Å². The first kappa shape index (κ1) is 30.8. The van der Waals surface area contributed by atoms with Gasteiger partial charge in [0.05, 0.1) is 24.0 Å². The fraction of sp³-hybridized carbons (Fsp3) is 0.281. The topological polar surface area (TPSA) is 162 Å². The molecule has 1 unspecified atom stereocenters. The molecule has 222 valence electrons. The van der Waals surface area contributed by atoms with E-state index in [4.69, 9.17) is 5.73 Å². The van der Waals surface area contributed by atoms with Crippen molar-refractivity contribution < 1.29 is 28.5 Å². The summed E-state index contributed by atoms with van der Waals surface area (Å²) in [6.07, 6.45) is 0.828. The minimum absolute atomic E-state index is 0.00838. The maximum atomic E-state index is 12.6. The van der Waals surface area contributed by atoms with E-state index >= 15 is 0 Å². The Morgan fingerprint density at radius 2 is 1.64 bits per heavy atom. The maximum Gasteiger partial charge on any atom is 0.229 e. The predicted molar refractivity (Wildman–Crippen MR) is 165 cm³/mol. The van der Waals surface area contributed by atoms with Crippen molar-refractivity contribution in [1.29, 1.82) is 0 Å². The Morgan fingerprint density at radius 1 is 0.929 bits per heavy atom. The van der Waals surface area contributed by atoms with Crippen LogP contribution in [0.15, 0.2) is 78.9 Å². The van der Waals surface area contributed by atoms with E-state index in [-0.39, 0.29) is 30.2 Å². The summed E-state index contributed by atoms with van der Waals surface area (Å²) in [6.45, 7) is 4.14. The maximum absolute atomic E-state index is 12.6. The van der Waals surface area contributed by atoms with Crippen LogP contribution in [-0.2, 0) is 27.7 Å². The molecule has 0 bridgehead atoms. The summed E-state index contributed by atoms with van der Waals surface area (Å²) < 4.78 is 25.4. The van der Waals surface area contributed by atoms with E-state index in [2.05, 4.69) is 10.0 Å². The Hall–Kier alpha value is -4.12. The largest absolute Gasteiger partial charge is 0.508 e. The van der Waals surface area contributed by atoms with Crippen LogP contribution in [0.2, 0.25) is 0 Å². The smallest absolute Gasteiger partial charge is 0.229 e. The highest BCUT2D eigenvalue weighted by atomic mass is 32.2. The van der Waals surface area contributed by atoms with Crippen LogP contribution in [0.25, 0.3) is 10.8 Å². The van der Waals surface area contributed by atoms with Crippen molar-refractivity contribution in [2.45, 2.75) is 44.2 Å². The van der Waals surface area contributed by atoms with Gasteiger partial charge in [-0.3, -0.25) is 9.52 Å².